The lowest BCUT2D eigenvalue weighted by Gasteiger charge is -2.12. The van der Waals surface area contributed by atoms with Gasteiger partial charge in [-0.1, -0.05) is 28.7 Å². The maximum absolute atomic E-state index is 14.4. The van der Waals surface area contributed by atoms with Gasteiger partial charge >= 0.3 is 0 Å². The van der Waals surface area contributed by atoms with Gasteiger partial charge in [-0.05, 0) is 72.8 Å². The molecule has 0 saturated carbocycles. The highest BCUT2D eigenvalue weighted by Gasteiger charge is 2.20. The molecule has 0 saturated heterocycles. The summed E-state index contributed by atoms with van der Waals surface area (Å²) in [5, 5.41) is 18.6. The van der Waals surface area contributed by atoms with Crippen LogP contribution in [0, 0.1) is 5.82 Å². The van der Waals surface area contributed by atoms with Gasteiger partial charge in [0.25, 0.3) is 0 Å². The second-order valence-electron chi connectivity index (χ2n) is 11.2. The largest absolute Gasteiger partial charge is 0.508 e. The van der Waals surface area contributed by atoms with Gasteiger partial charge in [-0.25, -0.2) is 52.7 Å². The number of phenols is 1. The van der Waals surface area contributed by atoms with Gasteiger partial charge in [-0.2, -0.15) is 0 Å². The van der Waals surface area contributed by atoms with Gasteiger partial charge in [0.1, 0.15) is 61.4 Å². The molecule has 0 atom stereocenters. The molecular formula is C35H23FN10O4S3. The molecule has 0 spiro atoms. The van der Waals surface area contributed by atoms with E-state index in [1.807, 2.05) is 24.3 Å². The fourth-order valence-electron chi connectivity index (χ4n) is 5.19. The monoisotopic (exact) mass is 762 g/mol. The smallest absolute Gasteiger partial charge is 0.190 e. The van der Waals surface area contributed by atoms with Crippen molar-refractivity contribution in [1.82, 2.24) is 39.9 Å². The van der Waals surface area contributed by atoms with Crippen molar-refractivity contribution < 1.29 is 22.7 Å². The number of thiazole rings is 2. The van der Waals surface area contributed by atoms with Crippen LogP contribution in [0.2, 0.25) is 0 Å². The molecule has 3 N–H and O–H groups in total. The molecule has 9 aromatic rings. The van der Waals surface area contributed by atoms with Crippen LogP contribution in [0.5, 0.6) is 17.2 Å². The van der Waals surface area contributed by atoms with Crippen molar-refractivity contribution in [2.75, 3.05) is 16.9 Å². The molecule has 0 unspecified atom stereocenters. The van der Waals surface area contributed by atoms with Crippen LogP contribution in [0.1, 0.15) is 0 Å². The molecule has 0 bridgehead atoms. The predicted molar refractivity (Wildman–Crippen MR) is 202 cm³/mol. The highest BCUT2D eigenvalue weighted by Crippen LogP contribution is 2.35. The minimum absolute atomic E-state index is 0.173. The number of hydrogen-bond donors (Lipinski definition) is 3. The van der Waals surface area contributed by atoms with E-state index in [1.54, 1.807) is 48.8 Å². The summed E-state index contributed by atoms with van der Waals surface area (Å²) in [6, 6.07) is 21.0. The number of fused-ring (bicyclic) bond motifs is 4. The molecule has 6 aromatic heterocycles. The van der Waals surface area contributed by atoms with E-state index in [-0.39, 0.29) is 22.1 Å². The maximum Gasteiger partial charge on any atom is 0.190 e. The number of aromatic hydroxyl groups is 1. The number of rotatable bonds is 7. The first-order chi connectivity index (χ1) is 25.7. The number of sulfone groups is 1. The number of aromatic nitrogens is 8. The highest BCUT2D eigenvalue weighted by atomic mass is 32.2. The normalized spacial score (nSPS) is 11.4. The molecule has 0 aliphatic rings. The van der Waals surface area contributed by atoms with E-state index in [4.69, 9.17) is 4.74 Å². The molecule has 0 fully saturated rings. The van der Waals surface area contributed by atoms with Crippen molar-refractivity contribution >= 4 is 96.9 Å². The van der Waals surface area contributed by atoms with Crippen LogP contribution in [0.3, 0.4) is 0 Å². The van der Waals surface area contributed by atoms with Crippen molar-refractivity contribution in [3.8, 4) is 17.2 Å². The van der Waals surface area contributed by atoms with Crippen molar-refractivity contribution in [3.05, 3.63) is 110 Å². The van der Waals surface area contributed by atoms with Gasteiger partial charge in [0.05, 0.1) is 11.0 Å². The van der Waals surface area contributed by atoms with Crippen LogP contribution in [-0.2, 0) is 9.84 Å². The molecule has 18 heteroatoms. The Balaban J connectivity index is 0.000000164. The number of halogens is 1. The highest BCUT2D eigenvalue weighted by molar-refractivity contribution is 7.90. The van der Waals surface area contributed by atoms with Gasteiger partial charge in [-0.3, -0.25) is 0 Å². The topological polar surface area (TPSA) is 191 Å². The number of hydrogen-bond acceptors (Lipinski definition) is 16. The van der Waals surface area contributed by atoms with Crippen molar-refractivity contribution in [1.29, 1.82) is 0 Å². The third kappa shape index (κ3) is 7.18. The van der Waals surface area contributed by atoms with Crippen LogP contribution in [-0.4, -0.2) is 59.7 Å². The molecule has 6 heterocycles. The van der Waals surface area contributed by atoms with Crippen LogP contribution in [0.15, 0.2) is 109 Å². The standard InChI is InChI=1S/C21H14FN5O3S2.C14H9N5OS/c1-32(28,29)17-6-2-4-14(22)18(17)30-12-7-8-15-13(10-12)19(25-11-24-15)27-21-26-16-5-3-9-23-20(16)31-21;20-8-3-4-10-9(6-8)12(17-7-16-10)19-14-18-11-2-1-5-15-13(11)21-14/h2-11H,1H3,(H,24,25,26,27);1-7,20H,(H,16,17,18,19). The zero-order valence-electron chi connectivity index (χ0n) is 27.2. The van der Waals surface area contributed by atoms with Gasteiger partial charge < -0.3 is 20.5 Å². The average Bonchev–Trinajstić information content (AvgIpc) is 3.76. The third-order valence-electron chi connectivity index (χ3n) is 7.56. The second kappa shape index (κ2) is 13.9. The number of phenolic OH excluding ortho intramolecular Hbond substituents is 1. The predicted octanol–water partition coefficient (Wildman–Crippen LogP) is 7.80. The van der Waals surface area contributed by atoms with Crippen molar-refractivity contribution in [2.24, 2.45) is 0 Å². The van der Waals surface area contributed by atoms with E-state index in [9.17, 15) is 17.9 Å². The maximum atomic E-state index is 14.4. The molecule has 53 heavy (non-hydrogen) atoms. The minimum Gasteiger partial charge on any atom is -0.508 e. The number of anilines is 4. The summed E-state index contributed by atoms with van der Waals surface area (Å²) in [7, 11) is -3.70. The Bertz CT molecular complexity index is 2860. The van der Waals surface area contributed by atoms with E-state index in [0.29, 0.717) is 32.8 Å². The molecule has 262 valence electrons. The number of para-hydroxylation sites is 1. The van der Waals surface area contributed by atoms with Crippen LogP contribution < -0.4 is 15.4 Å². The van der Waals surface area contributed by atoms with E-state index in [2.05, 4.69) is 50.5 Å². The Labute approximate surface area is 307 Å². The number of nitrogens with zero attached hydrogens (tertiary/aromatic N) is 8. The molecular weight excluding hydrogens is 740 g/mol. The quantitative estimate of drug-likeness (QED) is 0.143. The zero-order valence-corrected chi connectivity index (χ0v) is 29.6. The summed E-state index contributed by atoms with van der Waals surface area (Å²) in [5.41, 5.74) is 2.97. The number of pyridine rings is 2. The molecule has 0 radical (unpaired) electrons. The fraction of sp³-hybridized carbons (Fsp3) is 0.0286. The van der Waals surface area contributed by atoms with Crippen molar-refractivity contribution in [3.63, 3.8) is 0 Å². The number of ether oxygens (including phenoxy) is 1. The van der Waals surface area contributed by atoms with Crippen LogP contribution >= 0.6 is 22.7 Å². The summed E-state index contributed by atoms with van der Waals surface area (Å²) < 4.78 is 44.2. The van der Waals surface area contributed by atoms with Gasteiger partial charge in [-0.15, -0.1) is 0 Å². The average molecular weight is 763 g/mol. The van der Waals surface area contributed by atoms with E-state index >= 15 is 0 Å². The number of benzene rings is 3. The van der Waals surface area contributed by atoms with Crippen LogP contribution in [0.25, 0.3) is 42.5 Å². The summed E-state index contributed by atoms with van der Waals surface area (Å²) in [4.78, 5) is 35.8. The van der Waals surface area contributed by atoms with E-state index in [1.165, 1.54) is 47.5 Å². The third-order valence-corrected chi connectivity index (χ3v) is 10.5. The Morgan fingerprint density at radius 2 is 1.26 bits per heavy atom. The Kier molecular flexibility index (Phi) is 8.82. The Morgan fingerprint density at radius 1 is 0.679 bits per heavy atom. The lowest BCUT2D eigenvalue weighted by atomic mass is 10.2. The molecule has 0 amide bonds. The minimum atomic E-state index is -3.70. The molecule has 0 aliphatic heterocycles. The van der Waals surface area contributed by atoms with E-state index in [0.717, 1.165) is 43.9 Å². The van der Waals surface area contributed by atoms with Gasteiger partial charge in [0.2, 0.25) is 0 Å². The van der Waals surface area contributed by atoms with Gasteiger partial charge in [0, 0.05) is 29.4 Å². The summed E-state index contributed by atoms with van der Waals surface area (Å²) in [6.45, 7) is 0. The SMILES string of the molecule is CS(=O)(=O)c1cccc(F)c1Oc1ccc2ncnc(Nc3nc4cccnc4s3)c2c1.Oc1ccc2ncnc(Nc3nc4cccnc4s3)c2c1. The van der Waals surface area contributed by atoms with Gasteiger partial charge in [0.15, 0.2) is 31.7 Å². The Hall–Kier alpha value is -6.50. The lowest BCUT2D eigenvalue weighted by Crippen LogP contribution is -2.02. The molecule has 14 nitrogen and oxygen atoms in total. The first kappa shape index (κ1) is 33.6. The molecule has 0 aliphatic carbocycles. The summed E-state index contributed by atoms with van der Waals surface area (Å²) in [5.74, 6) is 0.338. The Morgan fingerprint density at radius 3 is 1.85 bits per heavy atom. The first-order valence-electron chi connectivity index (χ1n) is 15.5. The molecule has 3 aromatic carbocycles. The summed E-state index contributed by atoms with van der Waals surface area (Å²) in [6.07, 6.45) is 7.32. The summed E-state index contributed by atoms with van der Waals surface area (Å²) >= 11 is 2.82. The first-order valence-corrected chi connectivity index (χ1v) is 19.0. The van der Waals surface area contributed by atoms with E-state index < -0.39 is 15.7 Å². The number of nitrogens with one attached hydrogen (secondary N) is 2. The fourth-order valence-corrected chi connectivity index (χ4v) is 7.61. The zero-order chi connectivity index (χ0) is 36.5. The molecule has 9 rings (SSSR count). The van der Waals surface area contributed by atoms with Crippen molar-refractivity contribution in [2.45, 2.75) is 4.90 Å². The lowest BCUT2D eigenvalue weighted by molar-refractivity contribution is 0.428. The second-order valence-corrected chi connectivity index (χ2v) is 15.1. The van der Waals surface area contributed by atoms with Crippen LogP contribution in [0.4, 0.5) is 26.3 Å².